The Hall–Kier alpha value is -1.62. The van der Waals surface area contributed by atoms with Crippen molar-refractivity contribution in [2.24, 2.45) is 0 Å². The van der Waals surface area contributed by atoms with Crippen LogP contribution in [0.1, 0.15) is 11.7 Å². The summed E-state index contributed by atoms with van der Waals surface area (Å²) in [4.78, 5) is 7.86. The van der Waals surface area contributed by atoms with Crippen LogP contribution in [0.2, 0.25) is 0 Å². The van der Waals surface area contributed by atoms with Gasteiger partial charge in [0.05, 0.1) is 18.3 Å². The number of halogens is 4. The van der Waals surface area contributed by atoms with E-state index in [1.54, 1.807) is 10.9 Å². The van der Waals surface area contributed by atoms with Crippen LogP contribution in [0, 0.1) is 0 Å². The van der Waals surface area contributed by atoms with E-state index in [-0.39, 0.29) is 9.37 Å². The number of hydrogen-bond acceptors (Lipinski definition) is 10. The molecule has 1 aliphatic heterocycles. The van der Waals surface area contributed by atoms with Crippen molar-refractivity contribution in [2.45, 2.75) is 40.9 Å². The van der Waals surface area contributed by atoms with E-state index in [0.717, 1.165) is 18.0 Å². The van der Waals surface area contributed by atoms with Crippen molar-refractivity contribution in [3.8, 4) is 11.4 Å². The van der Waals surface area contributed by atoms with Crippen molar-refractivity contribution in [3.05, 3.63) is 39.5 Å². The minimum atomic E-state index is -4.62. The molecule has 0 radical (unpaired) electrons. The van der Waals surface area contributed by atoms with Gasteiger partial charge < -0.3 is 20.1 Å². The number of ether oxygens (including phenoxy) is 1. The first-order valence-corrected chi connectivity index (χ1v) is 11.6. The monoisotopic (exact) mass is 553 g/mol. The minimum Gasteiger partial charge on any atom is -0.394 e. The fourth-order valence-electron chi connectivity index (χ4n) is 3.18. The third kappa shape index (κ3) is 4.69. The molecule has 0 bridgehead atoms. The minimum absolute atomic E-state index is 0.264. The SMILES string of the molecule is OC[C@H]1O[C@H](Sc2cnc(C(F)(F)F)c(Br)c2)[C@H](O)[C@@H](n2cc(-c3cscn3)nn2)[C@H]1O. The topological polar surface area (TPSA) is 126 Å². The standard InChI is InChI=1S/C17H15BrF3N5O4S2/c18-8-1-7(2-22-15(8)17(19,20)21)32-16-14(29)12(13(28)11(4-27)30-16)26-3-9(24-25-26)10-5-31-6-23-10/h1-3,5-6,11-14,16,27-29H,4H2/t11-,12+,13+,14-,16-/m1/s1. The highest BCUT2D eigenvalue weighted by atomic mass is 79.9. The van der Waals surface area contributed by atoms with Crippen LogP contribution < -0.4 is 0 Å². The second-order valence-electron chi connectivity index (χ2n) is 6.77. The number of thioether (sulfide) groups is 1. The van der Waals surface area contributed by atoms with Crippen molar-refractivity contribution < 1.29 is 33.2 Å². The molecule has 15 heteroatoms. The van der Waals surface area contributed by atoms with Crippen LogP contribution >= 0.6 is 39.0 Å². The molecule has 4 heterocycles. The molecule has 0 aliphatic carbocycles. The highest BCUT2D eigenvalue weighted by Gasteiger charge is 2.46. The molecular formula is C17H15BrF3N5O4S2. The molecule has 0 saturated carbocycles. The number of hydrogen-bond donors (Lipinski definition) is 3. The first-order valence-electron chi connectivity index (χ1n) is 9.01. The van der Waals surface area contributed by atoms with Crippen LogP contribution in [-0.2, 0) is 10.9 Å². The molecule has 0 aromatic carbocycles. The number of aromatic nitrogens is 5. The molecule has 4 rings (SSSR count). The van der Waals surface area contributed by atoms with Crippen LogP contribution in [-0.4, -0.2) is 70.6 Å². The van der Waals surface area contributed by atoms with Gasteiger partial charge in [-0.15, -0.1) is 16.4 Å². The van der Waals surface area contributed by atoms with Crippen LogP contribution in [0.4, 0.5) is 13.2 Å². The average molecular weight is 554 g/mol. The predicted octanol–water partition coefficient (Wildman–Crippen LogP) is 2.35. The Morgan fingerprint density at radius 2 is 2.00 bits per heavy atom. The summed E-state index contributed by atoms with van der Waals surface area (Å²) in [5.74, 6) is 0. The van der Waals surface area contributed by atoms with Gasteiger partial charge in [-0.3, -0.25) is 0 Å². The Labute approximate surface area is 195 Å². The molecule has 3 N–H and O–H groups in total. The van der Waals surface area contributed by atoms with Gasteiger partial charge in [0.1, 0.15) is 41.2 Å². The normalized spacial score (nSPS) is 26.4. The van der Waals surface area contributed by atoms with Crippen molar-refractivity contribution >= 4 is 39.0 Å². The summed E-state index contributed by atoms with van der Waals surface area (Å²) in [7, 11) is 0. The molecule has 3 aromatic rings. The zero-order valence-electron chi connectivity index (χ0n) is 15.8. The number of rotatable bonds is 5. The third-order valence-corrected chi connectivity index (χ3v) is 7.00. The van der Waals surface area contributed by atoms with Gasteiger partial charge in [0.25, 0.3) is 0 Å². The quantitative estimate of drug-likeness (QED) is 0.436. The first-order chi connectivity index (χ1) is 15.2. The molecule has 32 heavy (non-hydrogen) atoms. The lowest BCUT2D eigenvalue weighted by atomic mass is 9.97. The summed E-state index contributed by atoms with van der Waals surface area (Å²) < 4.78 is 45.4. The van der Waals surface area contributed by atoms with Crippen molar-refractivity contribution in [1.82, 2.24) is 25.0 Å². The van der Waals surface area contributed by atoms with E-state index in [1.165, 1.54) is 28.3 Å². The maximum atomic E-state index is 12.9. The number of aliphatic hydroxyl groups excluding tert-OH is 3. The Morgan fingerprint density at radius 1 is 1.22 bits per heavy atom. The van der Waals surface area contributed by atoms with E-state index >= 15 is 0 Å². The number of nitrogens with zero attached hydrogens (tertiary/aromatic N) is 5. The molecule has 172 valence electrons. The van der Waals surface area contributed by atoms with Gasteiger partial charge in [-0.05, 0) is 22.0 Å². The summed E-state index contributed by atoms with van der Waals surface area (Å²) in [6, 6.07) is 0.171. The molecule has 1 aliphatic rings. The summed E-state index contributed by atoms with van der Waals surface area (Å²) >= 11 is 5.13. The number of pyridine rings is 1. The maximum Gasteiger partial charge on any atom is 0.434 e. The molecule has 1 fully saturated rings. The maximum absolute atomic E-state index is 12.9. The van der Waals surface area contributed by atoms with Crippen LogP contribution in [0.25, 0.3) is 11.4 Å². The van der Waals surface area contributed by atoms with Crippen LogP contribution in [0.5, 0.6) is 0 Å². The fourth-order valence-corrected chi connectivity index (χ4v) is 5.52. The molecule has 3 aromatic heterocycles. The highest BCUT2D eigenvalue weighted by molar-refractivity contribution is 9.10. The lowest BCUT2D eigenvalue weighted by Gasteiger charge is -2.41. The number of aliphatic hydroxyl groups is 3. The summed E-state index contributed by atoms with van der Waals surface area (Å²) in [5.41, 5.74) is 0.501. The summed E-state index contributed by atoms with van der Waals surface area (Å²) in [6.45, 7) is -0.552. The van der Waals surface area contributed by atoms with Gasteiger partial charge in [0, 0.05) is 20.9 Å². The van der Waals surface area contributed by atoms with E-state index in [0.29, 0.717) is 11.4 Å². The largest absolute Gasteiger partial charge is 0.434 e. The van der Waals surface area contributed by atoms with Crippen molar-refractivity contribution in [1.29, 1.82) is 0 Å². The Morgan fingerprint density at radius 3 is 2.62 bits per heavy atom. The van der Waals surface area contributed by atoms with Gasteiger partial charge in [0.15, 0.2) is 5.69 Å². The second-order valence-corrected chi connectivity index (χ2v) is 9.52. The summed E-state index contributed by atoms with van der Waals surface area (Å²) in [5, 5.41) is 41.0. The zero-order valence-corrected chi connectivity index (χ0v) is 19.0. The van der Waals surface area contributed by atoms with Crippen molar-refractivity contribution in [2.75, 3.05) is 6.61 Å². The summed E-state index contributed by atoms with van der Waals surface area (Å²) in [6.07, 6.45) is -5.85. The van der Waals surface area contributed by atoms with Gasteiger partial charge in [0.2, 0.25) is 0 Å². The predicted molar refractivity (Wildman–Crippen MR) is 111 cm³/mol. The number of thiazole rings is 1. The zero-order chi connectivity index (χ0) is 23.0. The van der Waals surface area contributed by atoms with E-state index in [2.05, 4.69) is 36.2 Å². The Kier molecular flexibility index (Phi) is 6.86. The number of alkyl halides is 3. The molecule has 0 amide bonds. The molecule has 9 nitrogen and oxygen atoms in total. The highest BCUT2D eigenvalue weighted by Crippen LogP contribution is 2.40. The van der Waals surface area contributed by atoms with E-state index < -0.39 is 48.3 Å². The Bertz CT molecular complexity index is 1070. The smallest absolute Gasteiger partial charge is 0.394 e. The molecule has 0 unspecified atom stereocenters. The third-order valence-electron chi connectivity index (χ3n) is 4.70. The Balaban J connectivity index is 1.59. The lowest BCUT2D eigenvalue weighted by molar-refractivity contribution is -0.178. The lowest BCUT2D eigenvalue weighted by Crippen LogP contribution is -2.55. The van der Waals surface area contributed by atoms with Crippen LogP contribution in [0.15, 0.2) is 38.7 Å². The molecule has 1 saturated heterocycles. The van der Waals surface area contributed by atoms with Crippen LogP contribution in [0.3, 0.4) is 0 Å². The van der Waals surface area contributed by atoms with E-state index in [4.69, 9.17) is 4.74 Å². The average Bonchev–Trinajstić information content (AvgIpc) is 3.41. The van der Waals surface area contributed by atoms with Gasteiger partial charge in [-0.2, -0.15) is 13.2 Å². The second kappa shape index (κ2) is 9.32. The van der Waals surface area contributed by atoms with Crippen molar-refractivity contribution in [3.63, 3.8) is 0 Å². The van der Waals surface area contributed by atoms with Gasteiger partial charge in [-0.1, -0.05) is 17.0 Å². The fraction of sp³-hybridized carbons (Fsp3) is 0.412. The van der Waals surface area contributed by atoms with E-state index in [9.17, 15) is 28.5 Å². The molecule has 0 spiro atoms. The molecular weight excluding hydrogens is 539 g/mol. The van der Waals surface area contributed by atoms with Gasteiger partial charge >= 0.3 is 6.18 Å². The van der Waals surface area contributed by atoms with E-state index in [1.807, 2.05) is 0 Å². The molecule has 5 atom stereocenters. The first kappa shape index (κ1) is 23.5. The van der Waals surface area contributed by atoms with Gasteiger partial charge in [-0.25, -0.2) is 14.6 Å².